The van der Waals surface area contributed by atoms with E-state index in [1.54, 1.807) is 0 Å². The highest BCUT2D eigenvalue weighted by atomic mass is 16.6. The van der Waals surface area contributed by atoms with Gasteiger partial charge in [0.15, 0.2) is 5.75 Å². The summed E-state index contributed by atoms with van der Waals surface area (Å²) in [6.45, 7) is 1.05. The quantitative estimate of drug-likeness (QED) is 0.634. The van der Waals surface area contributed by atoms with Crippen LogP contribution in [0.3, 0.4) is 0 Å². The maximum Gasteiger partial charge on any atom is 0.335 e. The van der Waals surface area contributed by atoms with E-state index < -0.39 is 10.9 Å². The molecule has 1 atom stereocenters. The summed E-state index contributed by atoms with van der Waals surface area (Å²) in [5.41, 5.74) is -0.472. The fraction of sp³-hybridized carbons (Fsp3) is 0.462. The van der Waals surface area contributed by atoms with E-state index in [4.69, 9.17) is 14.6 Å². The second kappa shape index (κ2) is 6.33. The average Bonchev–Trinajstić information content (AvgIpc) is 2.91. The van der Waals surface area contributed by atoms with Crippen LogP contribution in [0.4, 0.5) is 5.69 Å². The summed E-state index contributed by atoms with van der Waals surface area (Å²) in [5.74, 6) is -1.13. The van der Waals surface area contributed by atoms with Crippen molar-refractivity contribution >= 4 is 11.7 Å². The van der Waals surface area contributed by atoms with E-state index in [1.165, 1.54) is 12.1 Å². The first-order valence-electron chi connectivity index (χ1n) is 6.34. The van der Waals surface area contributed by atoms with Crippen LogP contribution in [-0.2, 0) is 4.74 Å². The van der Waals surface area contributed by atoms with E-state index in [9.17, 15) is 14.9 Å². The number of nitro benzene ring substituents is 1. The zero-order chi connectivity index (χ0) is 14.5. The fourth-order valence-corrected chi connectivity index (χ4v) is 2.09. The molecule has 1 aliphatic heterocycles. The minimum Gasteiger partial charge on any atom is -0.487 e. The van der Waals surface area contributed by atoms with Gasteiger partial charge in [0.25, 0.3) is 0 Å². The van der Waals surface area contributed by atoms with Crippen LogP contribution >= 0.6 is 0 Å². The van der Waals surface area contributed by atoms with Crippen LogP contribution in [0.1, 0.15) is 29.6 Å². The second-order valence-corrected chi connectivity index (χ2v) is 4.52. The Bertz CT molecular complexity index is 510. The van der Waals surface area contributed by atoms with E-state index >= 15 is 0 Å². The van der Waals surface area contributed by atoms with Crippen molar-refractivity contribution in [3.05, 3.63) is 33.9 Å². The first-order chi connectivity index (χ1) is 9.58. The highest BCUT2D eigenvalue weighted by Gasteiger charge is 2.20. The number of carboxylic acids is 1. The van der Waals surface area contributed by atoms with Crippen molar-refractivity contribution in [1.82, 2.24) is 0 Å². The Morgan fingerprint density at radius 3 is 2.95 bits per heavy atom. The van der Waals surface area contributed by atoms with Gasteiger partial charge < -0.3 is 14.6 Å². The van der Waals surface area contributed by atoms with Crippen LogP contribution in [-0.4, -0.2) is 35.3 Å². The maximum atomic E-state index is 10.9. The summed E-state index contributed by atoms with van der Waals surface area (Å²) in [4.78, 5) is 21.1. The van der Waals surface area contributed by atoms with Gasteiger partial charge in [0.2, 0.25) is 0 Å². The second-order valence-electron chi connectivity index (χ2n) is 4.52. The number of nitro groups is 1. The van der Waals surface area contributed by atoms with Gasteiger partial charge in [-0.2, -0.15) is 0 Å². The predicted molar refractivity (Wildman–Crippen MR) is 69.1 cm³/mol. The standard InChI is InChI=1S/C13H15NO6/c15-13(16)9-3-4-12(11(8-9)14(17)18)20-7-5-10-2-1-6-19-10/h3-4,8,10H,1-2,5-7H2,(H,15,16). The third-order valence-corrected chi connectivity index (χ3v) is 3.12. The normalized spacial score (nSPS) is 17.9. The minimum absolute atomic E-state index is 0.0815. The first-order valence-corrected chi connectivity index (χ1v) is 6.34. The van der Waals surface area contributed by atoms with Crippen LogP contribution in [0.15, 0.2) is 18.2 Å². The molecule has 1 aromatic rings. The summed E-state index contributed by atoms with van der Waals surface area (Å²) in [7, 11) is 0. The number of benzene rings is 1. The number of rotatable bonds is 6. The third-order valence-electron chi connectivity index (χ3n) is 3.12. The first kappa shape index (κ1) is 14.3. The molecule has 1 aromatic carbocycles. The van der Waals surface area contributed by atoms with Crippen molar-refractivity contribution < 1.29 is 24.3 Å². The van der Waals surface area contributed by atoms with Gasteiger partial charge in [0, 0.05) is 19.1 Å². The van der Waals surface area contributed by atoms with Crippen LogP contribution in [0.5, 0.6) is 5.75 Å². The summed E-state index contributed by atoms with van der Waals surface area (Å²) >= 11 is 0. The van der Waals surface area contributed by atoms with Crippen molar-refractivity contribution in [2.45, 2.75) is 25.4 Å². The number of hydrogen-bond acceptors (Lipinski definition) is 5. The van der Waals surface area contributed by atoms with Crippen molar-refractivity contribution in [1.29, 1.82) is 0 Å². The Balaban J connectivity index is 2.02. The smallest absolute Gasteiger partial charge is 0.335 e. The topological polar surface area (TPSA) is 98.9 Å². The van der Waals surface area contributed by atoms with Crippen LogP contribution in [0, 0.1) is 10.1 Å². The summed E-state index contributed by atoms with van der Waals surface area (Å²) in [5, 5.41) is 19.7. The van der Waals surface area contributed by atoms with E-state index in [1.807, 2.05) is 0 Å². The van der Waals surface area contributed by atoms with Crippen molar-refractivity contribution in [2.75, 3.05) is 13.2 Å². The molecule has 2 rings (SSSR count). The molecular formula is C13H15NO6. The molecule has 1 fully saturated rings. The van der Waals surface area contributed by atoms with E-state index in [0.29, 0.717) is 13.0 Å². The molecule has 0 spiro atoms. The van der Waals surface area contributed by atoms with Gasteiger partial charge in [-0.1, -0.05) is 0 Å². The van der Waals surface area contributed by atoms with Crippen LogP contribution in [0.2, 0.25) is 0 Å². The van der Waals surface area contributed by atoms with Crippen LogP contribution < -0.4 is 4.74 Å². The highest BCUT2D eigenvalue weighted by Crippen LogP contribution is 2.28. The van der Waals surface area contributed by atoms with E-state index in [0.717, 1.165) is 25.5 Å². The van der Waals surface area contributed by atoms with Gasteiger partial charge >= 0.3 is 11.7 Å². The lowest BCUT2D eigenvalue weighted by Crippen LogP contribution is -2.11. The number of carbonyl (C=O) groups is 1. The molecule has 0 radical (unpaired) electrons. The summed E-state index contributed by atoms with van der Waals surface area (Å²) in [6.07, 6.45) is 2.81. The number of aromatic carboxylic acids is 1. The van der Waals surface area contributed by atoms with Crippen molar-refractivity contribution in [3.63, 3.8) is 0 Å². The molecule has 0 bridgehead atoms. The summed E-state index contributed by atoms with van der Waals surface area (Å²) < 4.78 is 10.8. The monoisotopic (exact) mass is 281 g/mol. The third kappa shape index (κ3) is 3.45. The molecule has 7 heteroatoms. The van der Waals surface area contributed by atoms with Crippen molar-refractivity contribution in [3.8, 4) is 5.75 Å². The SMILES string of the molecule is O=C(O)c1ccc(OCCC2CCCO2)c([N+](=O)[O-])c1. The van der Waals surface area contributed by atoms with Gasteiger partial charge in [0.05, 0.1) is 23.2 Å². The molecule has 108 valence electrons. The Labute approximate surface area is 115 Å². The number of ether oxygens (including phenoxy) is 2. The molecular weight excluding hydrogens is 266 g/mol. The lowest BCUT2D eigenvalue weighted by Gasteiger charge is -2.11. The molecule has 7 nitrogen and oxygen atoms in total. The number of nitrogens with zero attached hydrogens (tertiary/aromatic N) is 1. The van der Waals surface area contributed by atoms with Gasteiger partial charge in [-0.3, -0.25) is 10.1 Å². The van der Waals surface area contributed by atoms with Gasteiger partial charge in [-0.05, 0) is 25.0 Å². The van der Waals surface area contributed by atoms with E-state index in [2.05, 4.69) is 0 Å². The van der Waals surface area contributed by atoms with Crippen molar-refractivity contribution in [2.24, 2.45) is 0 Å². The molecule has 1 unspecified atom stereocenters. The Hall–Kier alpha value is -2.15. The minimum atomic E-state index is -1.21. The lowest BCUT2D eigenvalue weighted by molar-refractivity contribution is -0.385. The Morgan fingerprint density at radius 2 is 2.35 bits per heavy atom. The van der Waals surface area contributed by atoms with Gasteiger partial charge in [-0.15, -0.1) is 0 Å². The molecule has 1 saturated heterocycles. The van der Waals surface area contributed by atoms with E-state index in [-0.39, 0.29) is 23.1 Å². The maximum absolute atomic E-state index is 10.9. The molecule has 1 aliphatic rings. The molecule has 0 amide bonds. The molecule has 0 saturated carbocycles. The number of carboxylic acid groups (broad SMARTS) is 1. The van der Waals surface area contributed by atoms with Gasteiger partial charge in [-0.25, -0.2) is 4.79 Å². The molecule has 20 heavy (non-hydrogen) atoms. The lowest BCUT2D eigenvalue weighted by atomic mass is 10.2. The van der Waals surface area contributed by atoms with Crippen LogP contribution in [0.25, 0.3) is 0 Å². The highest BCUT2D eigenvalue weighted by molar-refractivity contribution is 5.88. The zero-order valence-corrected chi connectivity index (χ0v) is 10.8. The fourth-order valence-electron chi connectivity index (χ4n) is 2.09. The molecule has 0 aromatic heterocycles. The average molecular weight is 281 g/mol. The largest absolute Gasteiger partial charge is 0.487 e. The Kier molecular flexibility index (Phi) is 4.52. The zero-order valence-electron chi connectivity index (χ0n) is 10.8. The predicted octanol–water partition coefficient (Wildman–Crippen LogP) is 2.24. The van der Waals surface area contributed by atoms with Gasteiger partial charge in [0.1, 0.15) is 0 Å². The number of hydrogen-bond donors (Lipinski definition) is 1. The summed E-state index contributed by atoms with van der Waals surface area (Å²) in [6, 6.07) is 3.61. The Morgan fingerprint density at radius 1 is 1.55 bits per heavy atom. The molecule has 1 N–H and O–H groups in total. The molecule has 1 heterocycles. The molecule has 0 aliphatic carbocycles.